The van der Waals surface area contributed by atoms with Gasteiger partial charge in [-0.15, -0.1) is 0 Å². The molecule has 0 aliphatic heterocycles. The van der Waals surface area contributed by atoms with E-state index in [9.17, 15) is 4.79 Å². The molecule has 0 spiro atoms. The molecular formula is C30H33FN4O2. The highest BCUT2D eigenvalue weighted by atomic mass is 19.1. The Kier molecular flexibility index (Phi) is 7.40. The largest absolute Gasteiger partial charge is 0.457 e. The van der Waals surface area contributed by atoms with E-state index in [-0.39, 0.29) is 30.0 Å². The predicted octanol–water partition coefficient (Wildman–Crippen LogP) is 6.78. The van der Waals surface area contributed by atoms with Crippen molar-refractivity contribution in [3.8, 4) is 11.5 Å². The van der Waals surface area contributed by atoms with Crippen LogP contribution in [0.3, 0.4) is 0 Å². The number of halogens is 1. The van der Waals surface area contributed by atoms with Crippen molar-refractivity contribution in [3.05, 3.63) is 83.7 Å². The molecule has 1 saturated carbocycles. The van der Waals surface area contributed by atoms with Crippen LogP contribution in [0.2, 0.25) is 0 Å². The van der Waals surface area contributed by atoms with Crippen LogP contribution in [0.25, 0.3) is 11.0 Å². The van der Waals surface area contributed by atoms with Crippen LogP contribution in [0.5, 0.6) is 11.5 Å². The van der Waals surface area contributed by atoms with Crippen molar-refractivity contribution in [2.75, 3.05) is 12.3 Å². The number of para-hydroxylation sites is 1. The molecule has 37 heavy (non-hydrogen) atoms. The molecule has 0 radical (unpaired) electrons. The van der Waals surface area contributed by atoms with Crippen molar-refractivity contribution in [1.82, 2.24) is 14.5 Å². The van der Waals surface area contributed by atoms with E-state index in [4.69, 9.17) is 10.5 Å². The van der Waals surface area contributed by atoms with Gasteiger partial charge in [0.05, 0.1) is 23.1 Å². The van der Waals surface area contributed by atoms with E-state index in [1.807, 2.05) is 53.4 Å². The topological polar surface area (TPSA) is 73.4 Å². The molecule has 6 nitrogen and oxygen atoms in total. The van der Waals surface area contributed by atoms with Crippen molar-refractivity contribution < 1.29 is 13.9 Å². The number of hydrogen-bond acceptors (Lipinski definition) is 4. The average Bonchev–Trinajstić information content (AvgIpc) is 3.23. The third-order valence-corrected chi connectivity index (χ3v) is 7.11. The van der Waals surface area contributed by atoms with Gasteiger partial charge >= 0.3 is 0 Å². The molecule has 1 aromatic heterocycles. The maximum atomic E-state index is 15.8. The van der Waals surface area contributed by atoms with E-state index >= 15 is 4.39 Å². The molecule has 0 saturated heterocycles. The number of imidazole rings is 1. The molecule has 5 rings (SSSR count). The number of nitrogens with two attached hydrogens (primary N) is 1. The lowest BCUT2D eigenvalue weighted by Gasteiger charge is -2.34. The zero-order chi connectivity index (χ0) is 25.8. The molecule has 1 aliphatic rings. The van der Waals surface area contributed by atoms with Crippen molar-refractivity contribution in [3.63, 3.8) is 0 Å². The van der Waals surface area contributed by atoms with Crippen LogP contribution < -0.4 is 10.5 Å². The predicted molar refractivity (Wildman–Crippen MR) is 144 cm³/mol. The summed E-state index contributed by atoms with van der Waals surface area (Å²) in [6.45, 7) is 2.84. The molecule has 1 fully saturated rings. The molecule has 1 heterocycles. The summed E-state index contributed by atoms with van der Waals surface area (Å²) in [6, 6.07) is 20.2. The minimum absolute atomic E-state index is 0.118. The van der Waals surface area contributed by atoms with Crippen molar-refractivity contribution in [2.24, 2.45) is 0 Å². The van der Waals surface area contributed by atoms with E-state index in [1.165, 1.54) is 6.42 Å². The average molecular weight is 501 g/mol. The highest BCUT2D eigenvalue weighted by molar-refractivity contribution is 5.95. The number of rotatable bonds is 8. The Hall–Kier alpha value is -3.87. The Labute approximate surface area is 216 Å². The Balaban J connectivity index is 1.44. The molecule has 3 aromatic carbocycles. The number of hydrogen-bond donors (Lipinski definition) is 1. The van der Waals surface area contributed by atoms with Gasteiger partial charge in [0, 0.05) is 24.2 Å². The third kappa shape index (κ3) is 5.31. The van der Waals surface area contributed by atoms with Gasteiger partial charge in [0.2, 0.25) is 5.95 Å². The first-order valence-corrected chi connectivity index (χ1v) is 13.1. The smallest absolute Gasteiger partial charge is 0.257 e. The minimum Gasteiger partial charge on any atom is -0.457 e. The maximum absolute atomic E-state index is 15.8. The molecule has 1 amide bonds. The fourth-order valence-corrected chi connectivity index (χ4v) is 5.25. The lowest BCUT2D eigenvalue weighted by Crippen LogP contribution is -2.42. The van der Waals surface area contributed by atoms with E-state index in [1.54, 1.807) is 22.8 Å². The molecule has 0 unspecified atom stereocenters. The van der Waals surface area contributed by atoms with Crippen LogP contribution >= 0.6 is 0 Å². The van der Waals surface area contributed by atoms with Crippen molar-refractivity contribution in [1.29, 1.82) is 0 Å². The van der Waals surface area contributed by atoms with Gasteiger partial charge in [0.25, 0.3) is 5.91 Å². The Morgan fingerprint density at radius 1 is 1.05 bits per heavy atom. The van der Waals surface area contributed by atoms with E-state index in [2.05, 4.69) is 11.9 Å². The Morgan fingerprint density at radius 3 is 2.59 bits per heavy atom. The number of amides is 1. The van der Waals surface area contributed by atoms with Crippen LogP contribution in [0.4, 0.5) is 10.3 Å². The normalized spacial score (nSPS) is 14.1. The van der Waals surface area contributed by atoms with Crippen LogP contribution in [0.15, 0.2) is 66.7 Å². The fourth-order valence-electron chi connectivity index (χ4n) is 5.25. The molecule has 0 bridgehead atoms. The molecule has 192 valence electrons. The van der Waals surface area contributed by atoms with E-state index < -0.39 is 5.82 Å². The number of benzene rings is 3. The summed E-state index contributed by atoms with van der Waals surface area (Å²) in [5.41, 5.74) is 8.19. The minimum atomic E-state index is -0.498. The molecule has 1 aliphatic carbocycles. The summed E-state index contributed by atoms with van der Waals surface area (Å²) in [6.07, 6.45) is 6.24. The van der Waals surface area contributed by atoms with Gasteiger partial charge < -0.3 is 19.9 Å². The Bertz CT molecular complexity index is 1380. The van der Waals surface area contributed by atoms with Gasteiger partial charge in [-0.05, 0) is 49.6 Å². The number of carbonyl (C=O) groups is 1. The number of fused-ring (bicyclic) bond motifs is 1. The van der Waals surface area contributed by atoms with Crippen LogP contribution in [0, 0.1) is 5.82 Å². The van der Waals surface area contributed by atoms with Gasteiger partial charge in [-0.25, -0.2) is 9.37 Å². The lowest BCUT2D eigenvalue weighted by molar-refractivity contribution is 0.0629. The summed E-state index contributed by atoms with van der Waals surface area (Å²) in [5, 5.41) is 0. The van der Waals surface area contributed by atoms with Crippen molar-refractivity contribution >= 4 is 22.9 Å². The van der Waals surface area contributed by atoms with Crippen LogP contribution in [-0.4, -0.2) is 32.9 Å². The maximum Gasteiger partial charge on any atom is 0.257 e. The zero-order valence-corrected chi connectivity index (χ0v) is 21.2. The molecule has 4 aromatic rings. The second kappa shape index (κ2) is 11.0. The Morgan fingerprint density at radius 2 is 1.84 bits per heavy atom. The zero-order valence-electron chi connectivity index (χ0n) is 21.2. The number of anilines is 1. The summed E-state index contributed by atoms with van der Waals surface area (Å²) in [5.74, 6) is 0.898. The number of aromatic nitrogens is 2. The summed E-state index contributed by atoms with van der Waals surface area (Å²) in [4.78, 5) is 19.9. The van der Waals surface area contributed by atoms with Crippen molar-refractivity contribution in [2.45, 2.75) is 58.0 Å². The summed E-state index contributed by atoms with van der Waals surface area (Å²) < 4.78 is 23.6. The highest BCUT2D eigenvalue weighted by Crippen LogP contribution is 2.29. The molecule has 7 heteroatoms. The number of ether oxygens (including phenoxy) is 1. The van der Waals surface area contributed by atoms with E-state index in [0.29, 0.717) is 29.1 Å². The SMILES string of the molecule is CCCN(C(=O)c1cccc(Cn2c(N)nc3ccc(Oc4ccccc4)cc32)c1F)C1CCCCC1. The van der Waals surface area contributed by atoms with E-state index in [0.717, 1.165) is 37.6 Å². The summed E-state index contributed by atoms with van der Waals surface area (Å²) >= 11 is 0. The number of nitrogens with zero attached hydrogens (tertiary/aromatic N) is 3. The van der Waals surface area contributed by atoms with Gasteiger partial charge in [-0.3, -0.25) is 4.79 Å². The number of nitrogen functional groups attached to an aromatic ring is 1. The number of carbonyl (C=O) groups excluding carboxylic acids is 1. The lowest BCUT2D eigenvalue weighted by atomic mass is 9.93. The van der Waals surface area contributed by atoms with Gasteiger partial charge in [-0.2, -0.15) is 0 Å². The first kappa shape index (κ1) is 24.8. The fraction of sp³-hybridized carbons (Fsp3) is 0.333. The van der Waals surface area contributed by atoms with Gasteiger partial charge in [-0.1, -0.05) is 56.5 Å². The quantitative estimate of drug-likeness (QED) is 0.289. The molecule has 2 N–H and O–H groups in total. The molecule has 0 atom stereocenters. The highest BCUT2D eigenvalue weighted by Gasteiger charge is 2.28. The van der Waals surface area contributed by atoms with Gasteiger partial charge in [0.15, 0.2) is 0 Å². The summed E-state index contributed by atoms with van der Waals surface area (Å²) in [7, 11) is 0. The molecular weight excluding hydrogens is 467 g/mol. The first-order valence-electron chi connectivity index (χ1n) is 13.1. The van der Waals surface area contributed by atoms with Gasteiger partial charge in [0.1, 0.15) is 17.3 Å². The van der Waals surface area contributed by atoms with Crippen LogP contribution in [0.1, 0.15) is 61.4 Å². The monoisotopic (exact) mass is 500 g/mol. The second-order valence-corrected chi connectivity index (χ2v) is 9.69. The standard InChI is InChI=1S/C30H33FN4O2/c1-2-18-34(22-11-5-3-6-12-22)29(36)25-15-9-10-21(28(25)31)20-35-27-19-24(16-17-26(27)33-30(35)32)37-23-13-7-4-8-14-23/h4,7-10,13-17,19,22H,2-3,5-6,11-12,18,20H2,1H3,(H2,32,33). The van der Waals surface area contributed by atoms with Crippen LogP contribution in [-0.2, 0) is 6.54 Å². The second-order valence-electron chi connectivity index (χ2n) is 9.69. The first-order chi connectivity index (χ1) is 18.0. The third-order valence-electron chi connectivity index (χ3n) is 7.11.